The van der Waals surface area contributed by atoms with Crippen molar-refractivity contribution in [2.45, 2.75) is 52.5 Å². The molecule has 1 N–H and O–H groups in total. The van der Waals surface area contributed by atoms with E-state index in [1.165, 1.54) is 0 Å². The van der Waals surface area contributed by atoms with Gasteiger partial charge in [-0.3, -0.25) is 4.79 Å². The molecule has 0 aromatic carbocycles. The molecule has 0 bridgehead atoms. The molecular weight excluding hydrogens is 202 g/mol. The smallest absolute Gasteiger partial charge is 0.220 e. The van der Waals surface area contributed by atoms with E-state index in [2.05, 4.69) is 26.1 Å². The lowest BCUT2D eigenvalue weighted by atomic mass is 9.95. The Balaban J connectivity index is 0.00000256. The molecule has 1 heterocycles. The number of amides is 1. The van der Waals surface area contributed by atoms with Crippen LogP contribution in [0.4, 0.5) is 0 Å². The average molecular weight is 229 g/mol. The van der Waals surface area contributed by atoms with E-state index in [1.54, 1.807) is 0 Å². The van der Waals surface area contributed by atoms with Crippen molar-refractivity contribution in [3.05, 3.63) is 0 Å². The maximum absolute atomic E-state index is 11.8. The molecule has 0 aromatic heterocycles. The first kappa shape index (κ1) is 13.5. The van der Waals surface area contributed by atoms with Crippen LogP contribution < -0.4 is 5.32 Å². The highest BCUT2D eigenvalue weighted by Crippen LogP contribution is 2.18. The zero-order valence-electron chi connectivity index (χ0n) is 10.8. The van der Waals surface area contributed by atoms with E-state index in [0.29, 0.717) is 24.3 Å². The Bertz CT molecular complexity index is 215. The molecule has 0 aromatic rings. The lowest BCUT2D eigenvalue weighted by Crippen LogP contribution is -2.39. The predicted molar refractivity (Wildman–Crippen MR) is 67.3 cm³/mol. The minimum absolute atomic E-state index is 0. The molecule has 1 aliphatic rings. The van der Waals surface area contributed by atoms with Crippen molar-refractivity contribution in [1.29, 1.82) is 0 Å². The molecule has 3 nitrogen and oxygen atoms in total. The molecule has 0 spiro atoms. The van der Waals surface area contributed by atoms with E-state index < -0.39 is 0 Å². The highest BCUT2D eigenvalue weighted by atomic mass is 16.5. The molecule has 0 radical (unpaired) electrons. The van der Waals surface area contributed by atoms with Gasteiger partial charge >= 0.3 is 0 Å². The standard InChI is InChI=1S/C13H25NO2.H2/c1-4-12(10(2)3)14-13(15)9-11-5-7-16-8-6-11;/h10-12H,4-9H2,1-3H3,(H,14,15);1H/t12-;/m1./s1. The number of hydrogen-bond donors (Lipinski definition) is 1. The Morgan fingerprint density at radius 3 is 2.56 bits per heavy atom. The first-order valence-corrected chi connectivity index (χ1v) is 6.50. The predicted octanol–water partition coefficient (Wildman–Crippen LogP) is 2.60. The second-order valence-electron chi connectivity index (χ2n) is 5.09. The van der Waals surface area contributed by atoms with Crippen molar-refractivity contribution in [3.63, 3.8) is 0 Å². The summed E-state index contributed by atoms with van der Waals surface area (Å²) in [6.45, 7) is 8.07. The quantitative estimate of drug-likeness (QED) is 0.787. The summed E-state index contributed by atoms with van der Waals surface area (Å²) < 4.78 is 5.29. The largest absolute Gasteiger partial charge is 0.381 e. The Hall–Kier alpha value is -0.570. The fourth-order valence-electron chi connectivity index (χ4n) is 2.22. The normalized spacial score (nSPS) is 19.8. The van der Waals surface area contributed by atoms with Crippen LogP contribution in [0.15, 0.2) is 0 Å². The number of nitrogens with one attached hydrogen (secondary N) is 1. The minimum atomic E-state index is 0. The summed E-state index contributed by atoms with van der Waals surface area (Å²) in [6, 6.07) is 0.326. The zero-order valence-corrected chi connectivity index (χ0v) is 10.8. The van der Waals surface area contributed by atoms with Gasteiger partial charge in [0.25, 0.3) is 0 Å². The summed E-state index contributed by atoms with van der Waals surface area (Å²) in [5.41, 5.74) is 0. The summed E-state index contributed by atoms with van der Waals surface area (Å²) >= 11 is 0. The maximum Gasteiger partial charge on any atom is 0.220 e. The van der Waals surface area contributed by atoms with Crippen molar-refractivity contribution in [1.82, 2.24) is 5.32 Å². The zero-order chi connectivity index (χ0) is 12.0. The van der Waals surface area contributed by atoms with Gasteiger partial charge in [0.15, 0.2) is 0 Å². The molecule has 16 heavy (non-hydrogen) atoms. The molecule has 1 rings (SSSR count). The fourth-order valence-corrected chi connectivity index (χ4v) is 2.22. The van der Waals surface area contributed by atoms with Crippen LogP contribution in [0, 0.1) is 11.8 Å². The van der Waals surface area contributed by atoms with E-state index >= 15 is 0 Å². The second-order valence-corrected chi connectivity index (χ2v) is 5.09. The molecule has 0 saturated carbocycles. The Kier molecular flexibility index (Phi) is 5.81. The third-order valence-electron chi connectivity index (χ3n) is 3.41. The Morgan fingerprint density at radius 2 is 2.06 bits per heavy atom. The fraction of sp³-hybridized carbons (Fsp3) is 0.923. The van der Waals surface area contributed by atoms with E-state index in [1.807, 2.05) is 0 Å². The van der Waals surface area contributed by atoms with Crippen LogP contribution in [0.1, 0.15) is 47.9 Å². The SMILES string of the molecule is CC[C@@H](NC(=O)CC1CCOCC1)C(C)C.[HH]. The van der Waals surface area contributed by atoms with Crippen molar-refractivity contribution >= 4 is 5.91 Å². The third kappa shape index (κ3) is 4.52. The molecule has 1 aliphatic heterocycles. The van der Waals surface area contributed by atoms with Crippen LogP contribution in [0.2, 0.25) is 0 Å². The maximum atomic E-state index is 11.8. The molecule has 1 saturated heterocycles. The molecule has 1 atom stereocenters. The molecule has 0 aliphatic carbocycles. The lowest BCUT2D eigenvalue weighted by Gasteiger charge is -2.24. The van der Waals surface area contributed by atoms with Gasteiger partial charge < -0.3 is 10.1 Å². The first-order valence-electron chi connectivity index (χ1n) is 6.50. The van der Waals surface area contributed by atoms with Gasteiger partial charge in [-0.25, -0.2) is 0 Å². The monoisotopic (exact) mass is 229 g/mol. The Labute approximate surface area is 100 Å². The van der Waals surface area contributed by atoms with Crippen LogP contribution >= 0.6 is 0 Å². The lowest BCUT2D eigenvalue weighted by molar-refractivity contribution is -0.123. The van der Waals surface area contributed by atoms with E-state index in [4.69, 9.17) is 4.74 Å². The van der Waals surface area contributed by atoms with Crippen LogP contribution in [0.25, 0.3) is 0 Å². The number of ether oxygens (including phenoxy) is 1. The minimum Gasteiger partial charge on any atom is -0.381 e. The summed E-state index contributed by atoms with van der Waals surface area (Å²) in [7, 11) is 0. The van der Waals surface area contributed by atoms with Gasteiger partial charge in [0.05, 0.1) is 0 Å². The van der Waals surface area contributed by atoms with Crippen molar-refractivity contribution in [2.24, 2.45) is 11.8 Å². The van der Waals surface area contributed by atoms with Crippen molar-refractivity contribution in [2.75, 3.05) is 13.2 Å². The average Bonchev–Trinajstić information content (AvgIpc) is 2.27. The molecule has 1 amide bonds. The topological polar surface area (TPSA) is 38.3 Å². The van der Waals surface area contributed by atoms with Gasteiger partial charge in [-0.15, -0.1) is 0 Å². The first-order chi connectivity index (χ1) is 7.63. The van der Waals surface area contributed by atoms with Crippen molar-refractivity contribution < 1.29 is 11.0 Å². The highest BCUT2D eigenvalue weighted by Gasteiger charge is 2.19. The van der Waals surface area contributed by atoms with Gasteiger partial charge in [-0.05, 0) is 31.1 Å². The third-order valence-corrected chi connectivity index (χ3v) is 3.41. The molecule has 1 fully saturated rings. The van der Waals surface area contributed by atoms with Gasteiger partial charge in [0.2, 0.25) is 5.91 Å². The number of hydrogen-bond acceptors (Lipinski definition) is 2. The van der Waals surface area contributed by atoms with E-state index in [0.717, 1.165) is 32.5 Å². The summed E-state index contributed by atoms with van der Waals surface area (Å²) in [4.78, 5) is 11.8. The highest BCUT2D eigenvalue weighted by molar-refractivity contribution is 5.76. The number of carbonyl (C=O) groups excluding carboxylic acids is 1. The van der Waals surface area contributed by atoms with Crippen LogP contribution in [-0.4, -0.2) is 25.2 Å². The summed E-state index contributed by atoms with van der Waals surface area (Å²) in [5, 5.41) is 3.13. The van der Waals surface area contributed by atoms with Crippen LogP contribution in [0.3, 0.4) is 0 Å². The van der Waals surface area contributed by atoms with E-state index in [-0.39, 0.29) is 7.33 Å². The van der Waals surface area contributed by atoms with E-state index in [9.17, 15) is 4.79 Å². The van der Waals surface area contributed by atoms with Gasteiger partial charge in [-0.1, -0.05) is 20.8 Å². The number of carbonyl (C=O) groups is 1. The Morgan fingerprint density at radius 1 is 1.44 bits per heavy atom. The van der Waals surface area contributed by atoms with Gasteiger partial charge in [0.1, 0.15) is 0 Å². The summed E-state index contributed by atoms with van der Waals surface area (Å²) in [6.07, 6.45) is 3.75. The number of rotatable bonds is 5. The molecule has 96 valence electrons. The van der Waals surface area contributed by atoms with Crippen LogP contribution in [0.5, 0.6) is 0 Å². The molecule has 3 heteroatoms. The van der Waals surface area contributed by atoms with Crippen molar-refractivity contribution in [3.8, 4) is 0 Å². The molecule has 0 unspecified atom stereocenters. The molecular formula is C13H27NO2. The van der Waals surface area contributed by atoms with Crippen LogP contribution in [-0.2, 0) is 9.53 Å². The van der Waals surface area contributed by atoms with Gasteiger partial charge in [0, 0.05) is 27.1 Å². The van der Waals surface area contributed by atoms with Gasteiger partial charge in [-0.2, -0.15) is 0 Å². The second kappa shape index (κ2) is 6.89. The summed E-state index contributed by atoms with van der Waals surface area (Å²) in [5.74, 6) is 1.26.